The lowest BCUT2D eigenvalue weighted by molar-refractivity contribution is -0.384. The van der Waals surface area contributed by atoms with Crippen LogP contribution in [0, 0.1) is 10.1 Å². The lowest BCUT2D eigenvalue weighted by Gasteiger charge is -2.06. The van der Waals surface area contributed by atoms with Crippen LogP contribution in [-0.4, -0.2) is 18.0 Å². The Kier molecular flexibility index (Phi) is 4.12. The van der Waals surface area contributed by atoms with E-state index in [1.54, 1.807) is 0 Å². The van der Waals surface area contributed by atoms with Gasteiger partial charge in [-0.2, -0.15) is 0 Å². The Hall–Kier alpha value is -1.76. The SMILES string of the molecule is Nc1c(COCC(F)F)cccc1[N+](=O)[O-]. The van der Waals surface area contributed by atoms with Gasteiger partial charge in [0.2, 0.25) is 0 Å². The van der Waals surface area contributed by atoms with Crippen LogP contribution in [0.1, 0.15) is 5.56 Å². The molecule has 1 rings (SSSR count). The first-order valence-corrected chi connectivity index (χ1v) is 4.40. The van der Waals surface area contributed by atoms with Crippen molar-refractivity contribution in [3.8, 4) is 0 Å². The van der Waals surface area contributed by atoms with Gasteiger partial charge in [0.05, 0.1) is 11.5 Å². The zero-order valence-corrected chi connectivity index (χ0v) is 8.23. The number of rotatable bonds is 5. The summed E-state index contributed by atoms with van der Waals surface area (Å²) in [5.41, 5.74) is 5.51. The molecule has 2 N–H and O–H groups in total. The van der Waals surface area contributed by atoms with E-state index in [0.717, 1.165) is 0 Å². The van der Waals surface area contributed by atoms with Crippen molar-refractivity contribution < 1.29 is 18.4 Å². The van der Waals surface area contributed by atoms with Gasteiger partial charge in [0.1, 0.15) is 12.3 Å². The lowest BCUT2D eigenvalue weighted by atomic mass is 10.1. The first kappa shape index (κ1) is 12.3. The monoisotopic (exact) mass is 232 g/mol. The Morgan fingerprint density at radius 3 is 2.75 bits per heavy atom. The van der Waals surface area contributed by atoms with E-state index < -0.39 is 18.0 Å². The molecule has 0 fully saturated rings. The van der Waals surface area contributed by atoms with Gasteiger partial charge in [-0.05, 0) is 0 Å². The summed E-state index contributed by atoms with van der Waals surface area (Å²) < 4.78 is 28.2. The second kappa shape index (κ2) is 5.36. The molecule has 0 heterocycles. The average molecular weight is 232 g/mol. The van der Waals surface area contributed by atoms with Crippen molar-refractivity contribution in [2.75, 3.05) is 12.3 Å². The molecule has 0 aliphatic rings. The lowest BCUT2D eigenvalue weighted by Crippen LogP contribution is -2.06. The van der Waals surface area contributed by atoms with E-state index in [1.807, 2.05) is 0 Å². The summed E-state index contributed by atoms with van der Waals surface area (Å²) in [5.74, 6) is 0. The van der Waals surface area contributed by atoms with E-state index in [1.165, 1.54) is 18.2 Å². The van der Waals surface area contributed by atoms with Crippen molar-refractivity contribution in [2.24, 2.45) is 0 Å². The van der Waals surface area contributed by atoms with Gasteiger partial charge in [-0.1, -0.05) is 12.1 Å². The zero-order chi connectivity index (χ0) is 12.1. The summed E-state index contributed by atoms with van der Waals surface area (Å²) >= 11 is 0. The van der Waals surface area contributed by atoms with Crippen LogP contribution in [-0.2, 0) is 11.3 Å². The van der Waals surface area contributed by atoms with E-state index in [-0.39, 0.29) is 18.0 Å². The number of nitrogens with zero attached hydrogens (tertiary/aromatic N) is 1. The van der Waals surface area contributed by atoms with Gasteiger partial charge in [0, 0.05) is 11.6 Å². The Balaban J connectivity index is 2.73. The van der Waals surface area contributed by atoms with Crippen LogP contribution in [0.2, 0.25) is 0 Å². The molecule has 1 aromatic carbocycles. The molecule has 5 nitrogen and oxygen atoms in total. The second-order valence-corrected chi connectivity index (χ2v) is 3.01. The van der Waals surface area contributed by atoms with E-state index >= 15 is 0 Å². The molecule has 0 aromatic heterocycles. The molecule has 7 heteroatoms. The van der Waals surface area contributed by atoms with Crippen molar-refractivity contribution in [3.05, 3.63) is 33.9 Å². The number of nitro groups is 1. The number of nitrogen functional groups attached to an aromatic ring is 1. The van der Waals surface area contributed by atoms with E-state index in [4.69, 9.17) is 5.73 Å². The van der Waals surface area contributed by atoms with E-state index in [9.17, 15) is 18.9 Å². The number of nitrogens with two attached hydrogens (primary N) is 1. The van der Waals surface area contributed by atoms with E-state index in [2.05, 4.69) is 4.74 Å². The summed E-state index contributed by atoms with van der Waals surface area (Å²) in [4.78, 5) is 9.89. The molecule has 0 spiro atoms. The maximum atomic E-state index is 11.8. The fourth-order valence-corrected chi connectivity index (χ4v) is 1.14. The molecule has 88 valence electrons. The average Bonchev–Trinajstić information content (AvgIpc) is 2.19. The standard InChI is InChI=1S/C9H10F2N2O3/c10-8(11)5-16-4-6-2-1-3-7(9(6)12)13(14)15/h1-3,8H,4-5,12H2. The normalized spacial score (nSPS) is 10.7. The molecular weight excluding hydrogens is 222 g/mol. The minimum Gasteiger partial charge on any atom is -0.393 e. The highest BCUT2D eigenvalue weighted by Gasteiger charge is 2.14. The molecule has 0 saturated carbocycles. The number of hydrogen-bond donors (Lipinski definition) is 1. The molecule has 0 unspecified atom stereocenters. The number of alkyl halides is 2. The highest BCUT2D eigenvalue weighted by molar-refractivity contribution is 5.62. The van der Waals surface area contributed by atoms with Crippen molar-refractivity contribution in [3.63, 3.8) is 0 Å². The maximum Gasteiger partial charge on any atom is 0.292 e. The van der Waals surface area contributed by atoms with Crippen LogP contribution in [0.15, 0.2) is 18.2 Å². The Morgan fingerprint density at radius 1 is 1.50 bits per heavy atom. The van der Waals surface area contributed by atoms with Gasteiger partial charge < -0.3 is 10.5 Å². The number of ether oxygens (including phenoxy) is 1. The molecule has 0 aliphatic heterocycles. The highest BCUT2D eigenvalue weighted by atomic mass is 19.3. The Bertz CT molecular complexity index is 385. The van der Waals surface area contributed by atoms with Gasteiger partial charge in [-0.3, -0.25) is 10.1 Å². The molecule has 0 saturated heterocycles. The summed E-state index contributed by atoms with van der Waals surface area (Å²) in [5, 5.41) is 10.5. The van der Waals surface area contributed by atoms with Crippen LogP contribution in [0.5, 0.6) is 0 Å². The number of benzene rings is 1. The fraction of sp³-hybridized carbons (Fsp3) is 0.333. The molecule has 0 radical (unpaired) electrons. The smallest absolute Gasteiger partial charge is 0.292 e. The molecular formula is C9H10F2N2O3. The third-order valence-electron chi connectivity index (χ3n) is 1.87. The maximum absolute atomic E-state index is 11.8. The van der Waals surface area contributed by atoms with Gasteiger partial charge in [-0.25, -0.2) is 8.78 Å². The minimum atomic E-state index is -2.57. The predicted molar refractivity (Wildman–Crippen MR) is 53.2 cm³/mol. The first-order chi connectivity index (χ1) is 7.52. The van der Waals surface area contributed by atoms with Crippen LogP contribution in [0.4, 0.5) is 20.2 Å². The van der Waals surface area contributed by atoms with E-state index in [0.29, 0.717) is 5.56 Å². The van der Waals surface area contributed by atoms with Crippen LogP contribution >= 0.6 is 0 Å². The number of anilines is 1. The van der Waals surface area contributed by atoms with Crippen LogP contribution < -0.4 is 5.73 Å². The Labute approximate surface area is 90.0 Å². The molecule has 0 bridgehead atoms. The van der Waals surface area contributed by atoms with Crippen molar-refractivity contribution in [1.29, 1.82) is 0 Å². The summed E-state index contributed by atoms with van der Waals surface area (Å²) in [6, 6.07) is 4.16. The summed E-state index contributed by atoms with van der Waals surface area (Å²) in [6.45, 7) is -0.889. The number of halogens is 2. The largest absolute Gasteiger partial charge is 0.393 e. The van der Waals surface area contributed by atoms with Gasteiger partial charge >= 0.3 is 0 Å². The molecule has 0 atom stereocenters. The third-order valence-corrected chi connectivity index (χ3v) is 1.87. The van der Waals surface area contributed by atoms with Gasteiger partial charge in [0.15, 0.2) is 0 Å². The molecule has 0 amide bonds. The number of para-hydroxylation sites is 1. The molecule has 0 aliphatic carbocycles. The minimum absolute atomic E-state index is 0.0539. The summed E-state index contributed by atoms with van der Waals surface area (Å²) in [7, 11) is 0. The van der Waals surface area contributed by atoms with Crippen molar-refractivity contribution in [1.82, 2.24) is 0 Å². The number of nitro benzene ring substituents is 1. The van der Waals surface area contributed by atoms with Crippen LogP contribution in [0.25, 0.3) is 0 Å². The predicted octanol–water partition coefficient (Wildman–Crippen LogP) is 1.96. The summed E-state index contributed by atoms with van der Waals surface area (Å²) in [6.07, 6.45) is -2.57. The van der Waals surface area contributed by atoms with Crippen molar-refractivity contribution >= 4 is 11.4 Å². The first-order valence-electron chi connectivity index (χ1n) is 4.40. The quantitative estimate of drug-likeness (QED) is 0.478. The molecule has 16 heavy (non-hydrogen) atoms. The highest BCUT2D eigenvalue weighted by Crippen LogP contribution is 2.25. The topological polar surface area (TPSA) is 78.4 Å². The Morgan fingerprint density at radius 2 is 2.19 bits per heavy atom. The number of hydrogen-bond acceptors (Lipinski definition) is 4. The third kappa shape index (κ3) is 3.13. The van der Waals surface area contributed by atoms with Crippen LogP contribution in [0.3, 0.4) is 0 Å². The van der Waals surface area contributed by atoms with Gasteiger partial charge in [-0.15, -0.1) is 0 Å². The second-order valence-electron chi connectivity index (χ2n) is 3.01. The fourth-order valence-electron chi connectivity index (χ4n) is 1.14. The molecule has 1 aromatic rings. The van der Waals surface area contributed by atoms with Crippen molar-refractivity contribution in [2.45, 2.75) is 13.0 Å². The zero-order valence-electron chi connectivity index (χ0n) is 8.23. The van der Waals surface area contributed by atoms with Gasteiger partial charge in [0.25, 0.3) is 12.1 Å².